The first-order valence-electron chi connectivity index (χ1n) is 9.56. The van der Waals surface area contributed by atoms with E-state index in [1.807, 2.05) is 43.3 Å². The lowest BCUT2D eigenvalue weighted by Crippen LogP contribution is -2.32. The van der Waals surface area contributed by atoms with Gasteiger partial charge in [-0.25, -0.2) is 0 Å². The third-order valence-electron chi connectivity index (χ3n) is 4.89. The lowest BCUT2D eigenvalue weighted by atomic mass is 10.1. The molecule has 30 heavy (non-hydrogen) atoms. The van der Waals surface area contributed by atoms with Crippen LogP contribution in [-0.4, -0.2) is 20.8 Å². The number of fused-ring (bicyclic) bond motifs is 1. The molecule has 0 radical (unpaired) electrons. The number of halogens is 1. The fraction of sp³-hybridized carbons (Fsp3) is 0.125. The van der Waals surface area contributed by atoms with Crippen molar-refractivity contribution in [1.29, 1.82) is 0 Å². The number of carbonyl (C=O) groups is 1. The molecule has 0 atom stereocenters. The number of aromatic nitrogens is 2. The van der Waals surface area contributed by atoms with Crippen LogP contribution in [0.5, 0.6) is 0 Å². The Hall–Kier alpha value is -3.44. The molecule has 2 aromatic heterocycles. The molecule has 4 rings (SSSR count). The molecule has 0 aliphatic heterocycles. The highest BCUT2D eigenvalue weighted by molar-refractivity contribution is 6.30. The smallest absolute Gasteiger partial charge is 0.254 e. The Morgan fingerprint density at radius 1 is 1.07 bits per heavy atom. The van der Waals surface area contributed by atoms with E-state index < -0.39 is 0 Å². The third kappa shape index (κ3) is 4.42. The number of rotatable bonds is 5. The Morgan fingerprint density at radius 3 is 2.70 bits per heavy atom. The molecule has 6 heteroatoms. The van der Waals surface area contributed by atoms with Crippen LogP contribution >= 0.6 is 11.6 Å². The number of amides is 1. The highest BCUT2D eigenvalue weighted by atomic mass is 35.5. The number of nitrogens with zero attached hydrogens (tertiary/aromatic N) is 2. The average Bonchev–Trinajstić information content (AvgIpc) is 2.74. The lowest BCUT2D eigenvalue weighted by molar-refractivity contribution is 0.0729. The Bertz CT molecular complexity index is 1270. The molecular formula is C24H20ClN3O2. The van der Waals surface area contributed by atoms with Crippen LogP contribution in [0.2, 0.25) is 5.02 Å². The summed E-state index contributed by atoms with van der Waals surface area (Å²) in [6.07, 6.45) is 3.40. The second-order valence-corrected chi connectivity index (χ2v) is 7.68. The maximum atomic E-state index is 13.3. The van der Waals surface area contributed by atoms with Crippen LogP contribution in [0.3, 0.4) is 0 Å². The quantitative estimate of drug-likeness (QED) is 0.510. The van der Waals surface area contributed by atoms with Gasteiger partial charge in [-0.2, -0.15) is 0 Å². The zero-order valence-corrected chi connectivity index (χ0v) is 17.2. The van der Waals surface area contributed by atoms with Gasteiger partial charge in [0.25, 0.3) is 11.5 Å². The number of hydrogen-bond acceptors (Lipinski definition) is 3. The van der Waals surface area contributed by atoms with E-state index in [9.17, 15) is 9.59 Å². The topological polar surface area (TPSA) is 66.1 Å². The zero-order valence-electron chi connectivity index (χ0n) is 16.4. The molecule has 2 aromatic carbocycles. The summed E-state index contributed by atoms with van der Waals surface area (Å²) < 4.78 is 0. The molecule has 4 aromatic rings. The molecule has 0 aliphatic rings. The summed E-state index contributed by atoms with van der Waals surface area (Å²) in [5, 5.41) is 1.42. The van der Waals surface area contributed by atoms with E-state index in [2.05, 4.69) is 9.97 Å². The fourth-order valence-corrected chi connectivity index (χ4v) is 3.60. The molecule has 0 unspecified atom stereocenters. The first kappa shape index (κ1) is 19.9. The number of carbonyl (C=O) groups excluding carboxylic acids is 1. The number of nitrogens with one attached hydrogen (secondary N) is 1. The number of benzene rings is 2. The van der Waals surface area contributed by atoms with Crippen LogP contribution < -0.4 is 5.56 Å². The van der Waals surface area contributed by atoms with Gasteiger partial charge in [-0.3, -0.25) is 14.6 Å². The Balaban J connectivity index is 1.72. The van der Waals surface area contributed by atoms with Gasteiger partial charge < -0.3 is 9.88 Å². The fourth-order valence-electron chi connectivity index (χ4n) is 3.41. The van der Waals surface area contributed by atoms with Crippen molar-refractivity contribution in [2.24, 2.45) is 0 Å². The van der Waals surface area contributed by atoms with Crippen LogP contribution in [0.4, 0.5) is 0 Å². The van der Waals surface area contributed by atoms with E-state index in [0.717, 1.165) is 22.0 Å². The minimum absolute atomic E-state index is 0.166. The van der Waals surface area contributed by atoms with Gasteiger partial charge in [0, 0.05) is 40.6 Å². The molecule has 0 aliphatic carbocycles. The summed E-state index contributed by atoms with van der Waals surface area (Å²) in [7, 11) is 0. The standard InChI is InChI=1S/C24H20ClN3O2/c1-16-7-8-22-19(10-16)11-20(23(29)27-22)15-28(14-17-4-3-9-26-13-17)24(30)18-5-2-6-21(25)12-18/h2-13H,14-15H2,1H3,(H,27,29). The predicted molar refractivity (Wildman–Crippen MR) is 119 cm³/mol. The molecule has 0 bridgehead atoms. The van der Waals surface area contributed by atoms with Gasteiger partial charge in [-0.1, -0.05) is 35.4 Å². The highest BCUT2D eigenvalue weighted by Gasteiger charge is 2.19. The normalized spacial score (nSPS) is 10.9. The molecule has 2 heterocycles. The van der Waals surface area contributed by atoms with E-state index in [1.165, 1.54) is 0 Å². The van der Waals surface area contributed by atoms with E-state index in [1.54, 1.807) is 41.6 Å². The molecule has 0 spiro atoms. The minimum atomic E-state index is -0.207. The van der Waals surface area contributed by atoms with E-state index in [4.69, 9.17) is 11.6 Å². The number of hydrogen-bond donors (Lipinski definition) is 1. The molecule has 0 saturated carbocycles. The summed E-state index contributed by atoms with van der Waals surface area (Å²) in [5.41, 5.74) is 3.53. The number of pyridine rings is 2. The first-order valence-corrected chi connectivity index (χ1v) is 9.94. The number of aromatic amines is 1. The van der Waals surface area contributed by atoms with Gasteiger partial charge in [0.1, 0.15) is 0 Å². The average molecular weight is 418 g/mol. The maximum absolute atomic E-state index is 13.3. The summed E-state index contributed by atoms with van der Waals surface area (Å²) in [6, 6.07) is 18.2. The third-order valence-corrected chi connectivity index (χ3v) is 5.13. The van der Waals surface area contributed by atoms with Crippen molar-refractivity contribution in [3.8, 4) is 0 Å². The maximum Gasteiger partial charge on any atom is 0.254 e. The second-order valence-electron chi connectivity index (χ2n) is 7.25. The van der Waals surface area contributed by atoms with E-state index in [0.29, 0.717) is 22.7 Å². The van der Waals surface area contributed by atoms with Crippen LogP contribution in [0, 0.1) is 6.92 Å². The van der Waals surface area contributed by atoms with Gasteiger partial charge >= 0.3 is 0 Å². The molecule has 0 saturated heterocycles. The van der Waals surface area contributed by atoms with Crippen molar-refractivity contribution in [3.63, 3.8) is 0 Å². The van der Waals surface area contributed by atoms with Gasteiger partial charge in [0.15, 0.2) is 0 Å². The van der Waals surface area contributed by atoms with Crippen molar-refractivity contribution in [2.45, 2.75) is 20.0 Å². The summed E-state index contributed by atoms with van der Waals surface area (Å²) in [6.45, 7) is 2.49. The SMILES string of the molecule is Cc1ccc2[nH]c(=O)c(CN(Cc3cccnc3)C(=O)c3cccc(Cl)c3)cc2c1. The van der Waals surface area contributed by atoms with Crippen LogP contribution in [0.25, 0.3) is 10.9 Å². The van der Waals surface area contributed by atoms with Gasteiger partial charge in [0.2, 0.25) is 0 Å². The minimum Gasteiger partial charge on any atom is -0.330 e. The van der Waals surface area contributed by atoms with Crippen molar-refractivity contribution >= 4 is 28.4 Å². The van der Waals surface area contributed by atoms with Crippen molar-refractivity contribution < 1.29 is 4.79 Å². The Kier molecular flexibility index (Phi) is 5.63. The van der Waals surface area contributed by atoms with Crippen molar-refractivity contribution in [3.05, 3.63) is 111 Å². The Labute approximate surface area is 179 Å². The second kappa shape index (κ2) is 8.51. The molecule has 150 valence electrons. The van der Waals surface area contributed by atoms with Gasteiger partial charge in [-0.15, -0.1) is 0 Å². The molecule has 1 amide bonds. The summed E-state index contributed by atoms with van der Waals surface area (Å²) in [5.74, 6) is -0.204. The van der Waals surface area contributed by atoms with Gasteiger partial charge in [-0.05, 0) is 60.3 Å². The number of H-pyrrole nitrogens is 1. The Morgan fingerprint density at radius 2 is 1.93 bits per heavy atom. The van der Waals surface area contributed by atoms with Crippen LogP contribution in [0.1, 0.15) is 27.0 Å². The lowest BCUT2D eigenvalue weighted by Gasteiger charge is -2.23. The monoisotopic (exact) mass is 417 g/mol. The molecule has 0 fully saturated rings. The molecule has 1 N–H and O–H groups in total. The number of aryl methyl sites for hydroxylation is 1. The molecule has 5 nitrogen and oxygen atoms in total. The largest absolute Gasteiger partial charge is 0.330 e. The molecular weight excluding hydrogens is 398 g/mol. The van der Waals surface area contributed by atoms with Gasteiger partial charge in [0.05, 0.1) is 6.54 Å². The predicted octanol–water partition coefficient (Wildman–Crippen LogP) is 4.73. The first-order chi connectivity index (χ1) is 14.5. The summed E-state index contributed by atoms with van der Waals surface area (Å²) >= 11 is 6.08. The zero-order chi connectivity index (χ0) is 21.1. The van der Waals surface area contributed by atoms with Crippen LogP contribution in [0.15, 0.2) is 77.9 Å². The van der Waals surface area contributed by atoms with E-state index >= 15 is 0 Å². The van der Waals surface area contributed by atoms with Crippen LogP contribution in [-0.2, 0) is 13.1 Å². The van der Waals surface area contributed by atoms with Crippen molar-refractivity contribution in [2.75, 3.05) is 0 Å². The highest BCUT2D eigenvalue weighted by Crippen LogP contribution is 2.18. The summed E-state index contributed by atoms with van der Waals surface area (Å²) in [4.78, 5) is 34.6. The van der Waals surface area contributed by atoms with Crippen molar-refractivity contribution in [1.82, 2.24) is 14.9 Å². The van der Waals surface area contributed by atoms with E-state index in [-0.39, 0.29) is 18.0 Å².